The van der Waals surface area contributed by atoms with Crippen LogP contribution in [0.3, 0.4) is 0 Å². The van der Waals surface area contributed by atoms with E-state index in [-0.39, 0.29) is 5.78 Å². The summed E-state index contributed by atoms with van der Waals surface area (Å²) in [5, 5.41) is 0.832. The van der Waals surface area contributed by atoms with Crippen LogP contribution in [0.15, 0.2) is 42.6 Å². The molecule has 0 aliphatic carbocycles. The highest BCUT2D eigenvalue weighted by Gasteiger charge is 2.09. The molecular weight excluding hydrogens is 245 g/mol. The number of benzene rings is 1. The zero-order valence-corrected chi connectivity index (χ0v) is 9.66. The molecule has 1 aromatic heterocycles. The van der Waals surface area contributed by atoms with Crippen LogP contribution in [0.4, 0.5) is 0 Å². The lowest BCUT2D eigenvalue weighted by Crippen LogP contribution is -2.01. The van der Waals surface area contributed by atoms with E-state index in [2.05, 4.69) is 4.98 Å². The molecule has 0 amide bonds. The minimum absolute atomic E-state index is 0.119. The van der Waals surface area contributed by atoms with Crippen LogP contribution in [0.25, 0.3) is 0 Å². The average molecular weight is 252 g/mol. The van der Waals surface area contributed by atoms with Crippen molar-refractivity contribution in [3.8, 4) is 0 Å². The number of ketones is 1. The minimum atomic E-state index is -0.119. The number of nitrogens with zero attached hydrogens (tertiary/aromatic N) is 1. The molecule has 2 rings (SSSR count). The number of hydrogen-bond donors (Lipinski definition) is 0. The van der Waals surface area contributed by atoms with Gasteiger partial charge in [0.25, 0.3) is 0 Å². The molecule has 0 aliphatic heterocycles. The molecule has 0 saturated heterocycles. The summed E-state index contributed by atoms with van der Waals surface area (Å²) >= 11 is 11.5. The number of halogens is 2. The lowest BCUT2D eigenvalue weighted by Gasteiger charge is -2.01. The van der Waals surface area contributed by atoms with Gasteiger partial charge in [0.1, 0.15) is 5.15 Å². The smallest absolute Gasteiger partial charge is 0.193 e. The Kier molecular flexibility index (Phi) is 3.22. The lowest BCUT2D eigenvalue weighted by atomic mass is 10.1. The van der Waals surface area contributed by atoms with Crippen molar-refractivity contribution in [1.29, 1.82) is 0 Å². The minimum Gasteiger partial charge on any atom is -0.289 e. The van der Waals surface area contributed by atoms with Crippen LogP contribution in [0.5, 0.6) is 0 Å². The second kappa shape index (κ2) is 4.64. The molecule has 2 nitrogen and oxygen atoms in total. The first-order valence-electron chi connectivity index (χ1n) is 4.58. The van der Waals surface area contributed by atoms with Crippen molar-refractivity contribution in [2.24, 2.45) is 0 Å². The highest BCUT2D eigenvalue weighted by molar-refractivity contribution is 6.31. The number of rotatable bonds is 2. The fraction of sp³-hybridized carbons (Fsp3) is 0. The van der Waals surface area contributed by atoms with Gasteiger partial charge in [0, 0.05) is 22.3 Å². The van der Waals surface area contributed by atoms with Gasteiger partial charge in [-0.3, -0.25) is 4.79 Å². The van der Waals surface area contributed by atoms with E-state index in [1.54, 1.807) is 30.3 Å². The van der Waals surface area contributed by atoms with E-state index in [1.165, 1.54) is 12.3 Å². The fourth-order valence-electron chi connectivity index (χ4n) is 1.34. The largest absolute Gasteiger partial charge is 0.289 e. The Bertz CT molecular complexity index is 493. The first-order chi connectivity index (χ1) is 7.66. The van der Waals surface area contributed by atoms with Crippen LogP contribution in [0, 0.1) is 0 Å². The van der Waals surface area contributed by atoms with Crippen molar-refractivity contribution in [3.63, 3.8) is 0 Å². The second-order valence-electron chi connectivity index (χ2n) is 3.21. The number of carbonyl (C=O) groups excluding carboxylic acids is 1. The highest BCUT2D eigenvalue weighted by atomic mass is 35.5. The van der Waals surface area contributed by atoms with Crippen LogP contribution in [-0.4, -0.2) is 10.8 Å². The Balaban J connectivity index is 2.39. The van der Waals surface area contributed by atoms with Crippen molar-refractivity contribution in [3.05, 3.63) is 63.9 Å². The SMILES string of the molecule is O=C(c1cccc(Cl)c1)c1ccnc(Cl)c1. The Labute approximate surface area is 103 Å². The maximum absolute atomic E-state index is 12.0. The van der Waals surface area contributed by atoms with Gasteiger partial charge < -0.3 is 0 Å². The first kappa shape index (κ1) is 11.1. The Hall–Kier alpha value is -1.38. The van der Waals surface area contributed by atoms with E-state index >= 15 is 0 Å². The second-order valence-corrected chi connectivity index (χ2v) is 4.03. The van der Waals surface area contributed by atoms with Gasteiger partial charge in [0.15, 0.2) is 5.78 Å². The highest BCUT2D eigenvalue weighted by Crippen LogP contribution is 2.16. The Morgan fingerprint density at radius 1 is 1.06 bits per heavy atom. The van der Waals surface area contributed by atoms with Crippen LogP contribution in [-0.2, 0) is 0 Å². The van der Waals surface area contributed by atoms with Gasteiger partial charge in [0.05, 0.1) is 0 Å². The monoisotopic (exact) mass is 251 g/mol. The quantitative estimate of drug-likeness (QED) is 0.603. The summed E-state index contributed by atoms with van der Waals surface area (Å²) in [5.74, 6) is -0.119. The summed E-state index contributed by atoms with van der Waals surface area (Å²) in [6.45, 7) is 0. The third-order valence-corrected chi connectivity index (χ3v) is 2.52. The summed E-state index contributed by atoms with van der Waals surface area (Å²) in [4.78, 5) is 15.8. The van der Waals surface area contributed by atoms with E-state index in [1.807, 2.05) is 0 Å². The van der Waals surface area contributed by atoms with Crippen molar-refractivity contribution >= 4 is 29.0 Å². The molecule has 0 bridgehead atoms. The van der Waals surface area contributed by atoms with Gasteiger partial charge in [-0.25, -0.2) is 4.98 Å². The van der Waals surface area contributed by atoms with E-state index in [4.69, 9.17) is 23.2 Å². The van der Waals surface area contributed by atoms with Gasteiger partial charge in [-0.05, 0) is 24.3 Å². The van der Waals surface area contributed by atoms with Crippen LogP contribution < -0.4 is 0 Å². The molecule has 80 valence electrons. The summed E-state index contributed by atoms with van der Waals surface area (Å²) in [6.07, 6.45) is 1.50. The van der Waals surface area contributed by atoms with E-state index < -0.39 is 0 Å². The van der Waals surface area contributed by atoms with Crippen LogP contribution in [0.2, 0.25) is 10.2 Å². The van der Waals surface area contributed by atoms with Gasteiger partial charge in [-0.1, -0.05) is 35.3 Å². The maximum Gasteiger partial charge on any atom is 0.193 e. The number of aromatic nitrogens is 1. The zero-order chi connectivity index (χ0) is 11.5. The van der Waals surface area contributed by atoms with Gasteiger partial charge in [-0.15, -0.1) is 0 Å². The van der Waals surface area contributed by atoms with Crippen molar-refractivity contribution < 1.29 is 4.79 Å². The van der Waals surface area contributed by atoms with E-state index in [9.17, 15) is 4.79 Å². The molecule has 4 heteroatoms. The molecule has 0 N–H and O–H groups in total. The molecule has 0 aliphatic rings. The van der Waals surface area contributed by atoms with Crippen LogP contribution in [0.1, 0.15) is 15.9 Å². The topological polar surface area (TPSA) is 30.0 Å². The molecule has 2 aromatic rings. The molecule has 1 aromatic carbocycles. The molecular formula is C12H7Cl2NO. The Morgan fingerprint density at radius 3 is 2.50 bits per heavy atom. The summed E-state index contributed by atoms with van der Waals surface area (Å²) in [7, 11) is 0. The number of pyridine rings is 1. The number of hydrogen-bond acceptors (Lipinski definition) is 2. The van der Waals surface area contributed by atoms with Crippen molar-refractivity contribution in [2.45, 2.75) is 0 Å². The molecule has 0 spiro atoms. The van der Waals surface area contributed by atoms with Crippen molar-refractivity contribution in [1.82, 2.24) is 4.98 Å². The summed E-state index contributed by atoms with van der Waals surface area (Å²) in [6, 6.07) is 9.94. The maximum atomic E-state index is 12.0. The molecule has 16 heavy (non-hydrogen) atoms. The third-order valence-electron chi connectivity index (χ3n) is 2.08. The summed E-state index contributed by atoms with van der Waals surface area (Å²) in [5.41, 5.74) is 1.04. The standard InChI is InChI=1S/C12H7Cl2NO/c13-10-3-1-2-8(6-10)12(16)9-4-5-15-11(14)7-9/h1-7H. The molecule has 0 atom stereocenters. The molecule has 0 fully saturated rings. The lowest BCUT2D eigenvalue weighted by molar-refractivity contribution is 0.103. The molecule has 1 heterocycles. The average Bonchev–Trinajstić information content (AvgIpc) is 2.28. The van der Waals surface area contributed by atoms with E-state index in [0.717, 1.165) is 0 Å². The number of carbonyl (C=O) groups is 1. The zero-order valence-electron chi connectivity index (χ0n) is 8.15. The van der Waals surface area contributed by atoms with Crippen molar-refractivity contribution in [2.75, 3.05) is 0 Å². The van der Waals surface area contributed by atoms with Crippen LogP contribution >= 0.6 is 23.2 Å². The predicted octanol–water partition coefficient (Wildman–Crippen LogP) is 3.62. The summed E-state index contributed by atoms with van der Waals surface area (Å²) < 4.78 is 0. The first-order valence-corrected chi connectivity index (χ1v) is 5.34. The Morgan fingerprint density at radius 2 is 1.81 bits per heavy atom. The van der Waals surface area contributed by atoms with Gasteiger partial charge in [0.2, 0.25) is 0 Å². The molecule has 0 saturated carbocycles. The molecule has 0 unspecified atom stereocenters. The third kappa shape index (κ3) is 2.40. The van der Waals surface area contributed by atoms with E-state index in [0.29, 0.717) is 21.3 Å². The molecule has 0 radical (unpaired) electrons. The fourth-order valence-corrected chi connectivity index (χ4v) is 1.70. The predicted molar refractivity (Wildman–Crippen MR) is 64.1 cm³/mol. The normalized spacial score (nSPS) is 10.1. The van der Waals surface area contributed by atoms with Gasteiger partial charge in [-0.2, -0.15) is 0 Å². The van der Waals surface area contributed by atoms with Gasteiger partial charge >= 0.3 is 0 Å².